The SMILES string of the molecule is CCOC(=O)NN(C)c1ccc(F)cc1NC1CC1. The lowest BCUT2D eigenvalue weighted by molar-refractivity contribution is 0.152. The van der Waals surface area contributed by atoms with Crippen molar-refractivity contribution in [3.8, 4) is 0 Å². The molecule has 0 radical (unpaired) electrons. The largest absolute Gasteiger partial charge is 0.449 e. The number of ether oxygens (including phenoxy) is 1. The van der Waals surface area contributed by atoms with E-state index in [1.165, 1.54) is 17.1 Å². The lowest BCUT2D eigenvalue weighted by atomic mass is 10.2. The minimum atomic E-state index is -0.535. The molecule has 1 amide bonds. The molecule has 1 aliphatic carbocycles. The third-order valence-corrected chi connectivity index (χ3v) is 2.79. The summed E-state index contributed by atoms with van der Waals surface area (Å²) in [4.78, 5) is 11.4. The third-order valence-electron chi connectivity index (χ3n) is 2.79. The fourth-order valence-corrected chi connectivity index (χ4v) is 1.72. The number of amides is 1. The first kappa shape index (κ1) is 13.5. The average Bonchev–Trinajstić information content (AvgIpc) is 3.13. The molecule has 6 heteroatoms. The summed E-state index contributed by atoms with van der Waals surface area (Å²) in [5, 5.41) is 4.75. The van der Waals surface area contributed by atoms with Gasteiger partial charge in [-0.25, -0.2) is 14.6 Å². The zero-order valence-corrected chi connectivity index (χ0v) is 11.1. The molecule has 0 bridgehead atoms. The Morgan fingerprint density at radius 3 is 2.89 bits per heavy atom. The van der Waals surface area contributed by atoms with E-state index in [0.29, 0.717) is 24.0 Å². The van der Waals surface area contributed by atoms with Crippen molar-refractivity contribution >= 4 is 17.5 Å². The molecule has 1 fully saturated rings. The summed E-state index contributed by atoms with van der Waals surface area (Å²) in [5.74, 6) is -0.309. The summed E-state index contributed by atoms with van der Waals surface area (Å²) >= 11 is 0. The van der Waals surface area contributed by atoms with E-state index in [1.807, 2.05) is 0 Å². The minimum absolute atomic E-state index is 0.302. The van der Waals surface area contributed by atoms with Gasteiger partial charge in [0.2, 0.25) is 0 Å². The van der Waals surface area contributed by atoms with Crippen molar-refractivity contribution in [3.63, 3.8) is 0 Å². The number of hydrogen-bond acceptors (Lipinski definition) is 4. The molecule has 0 atom stereocenters. The Morgan fingerprint density at radius 1 is 1.53 bits per heavy atom. The second-order valence-electron chi connectivity index (χ2n) is 4.47. The summed E-state index contributed by atoms with van der Waals surface area (Å²) < 4.78 is 18.1. The molecule has 1 aromatic carbocycles. The third kappa shape index (κ3) is 3.74. The van der Waals surface area contributed by atoms with Crippen molar-refractivity contribution in [2.45, 2.75) is 25.8 Å². The molecule has 19 heavy (non-hydrogen) atoms. The Morgan fingerprint density at radius 2 is 2.26 bits per heavy atom. The van der Waals surface area contributed by atoms with Gasteiger partial charge in [-0.3, -0.25) is 5.01 Å². The maximum Gasteiger partial charge on any atom is 0.426 e. The van der Waals surface area contributed by atoms with Gasteiger partial charge in [0.15, 0.2) is 0 Å². The highest BCUT2D eigenvalue weighted by atomic mass is 19.1. The van der Waals surface area contributed by atoms with Crippen LogP contribution < -0.4 is 15.8 Å². The van der Waals surface area contributed by atoms with Gasteiger partial charge < -0.3 is 10.1 Å². The molecule has 0 unspecified atom stereocenters. The maximum atomic E-state index is 13.3. The summed E-state index contributed by atoms with van der Waals surface area (Å²) in [7, 11) is 1.68. The molecule has 1 aromatic rings. The van der Waals surface area contributed by atoms with Crippen LogP contribution in [0.3, 0.4) is 0 Å². The first-order valence-corrected chi connectivity index (χ1v) is 6.33. The molecule has 2 rings (SSSR count). The van der Waals surface area contributed by atoms with Crippen LogP contribution in [0.15, 0.2) is 18.2 Å². The molecule has 104 valence electrons. The minimum Gasteiger partial charge on any atom is -0.449 e. The van der Waals surface area contributed by atoms with Crippen LogP contribution in [0.2, 0.25) is 0 Å². The van der Waals surface area contributed by atoms with Crippen LogP contribution in [-0.4, -0.2) is 25.8 Å². The van der Waals surface area contributed by atoms with Crippen LogP contribution >= 0.6 is 0 Å². The van der Waals surface area contributed by atoms with E-state index >= 15 is 0 Å². The maximum absolute atomic E-state index is 13.3. The fraction of sp³-hybridized carbons (Fsp3) is 0.462. The van der Waals surface area contributed by atoms with E-state index in [0.717, 1.165) is 12.8 Å². The molecule has 1 saturated carbocycles. The molecular formula is C13H18FN3O2. The Balaban J connectivity index is 2.10. The number of carbonyl (C=O) groups is 1. The number of nitrogens with one attached hydrogen (secondary N) is 2. The van der Waals surface area contributed by atoms with Gasteiger partial charge in [-0.2, -0.15) is 0 Å². The number of benzene rings is 1. The van der Waals surface area contributed by atoms with E-state index in [-0.39, 0.29) is 5.82 Å². The van der Waals surface area contributed by atoms with Crippen molar-refractivity contribution in [2.75, 3.05) is 24.0 Å². The Bertz CT molecular complexity index is 463. The van der Waals surface area contributed by atoms with Gasteiger partial charge >= 0.3 is 6.09 Å². The molecule has 5 nitrogen and oxygen atoms in total. The first-order valence-electron chi connectivity index (χ1n) is 6.33. The van der Waals surface area contributed by atoms with Crippen molar-refractivity contribution in [1.29, 1.82) is 0 Å². The molecule has 0 spiro atoms. The molecule has 2 N–H and O–H groups in total. The zero-order chi connectivity index (χ0) is 13.8. The van der Waals surface area contributed by atoms with Crippen LogP contribution in [0.1, 0.15) is 19.8 Å². The number of hydrazine groups is 1. The predicted octanol–water partition coefficient (Wildman–Crippen LogP) is 2.50. The lowest BCUT2D eigenvalue weighted by Crippen LogP contribution is -2.40. The summed E-state index contributed by atoms with van der Waals surface area (Å²) in [6.07, 6.45) is 1.64. The van der Waals surface area contributed by atoms with Crippen LogP contribution in [0.4, 0.5) is 20.6 Å². The highest BCUT2D eigenvalue weighted by Gasteiger charge is 2.23. The highest BCUT2D eigenvalue weighted by molar-refractivity contribution is 5.75. The number of rotatable bonds is 5. The van der Waals surface area contributed by atoms with Gasteiger partial charge in [0, 0.05) is 13.1 Å². The number of halogens is 1. The summed E-state index contributed by atoms with van der Waals surface area (Å²) in [6, 6.07) is 4.80. The average molecular weight is 267 g/mol. The quantitative estimate of drug-likeness (QED) is 0.805. The smallest absolute Gasteiger partial charge is 0.426 e. The molecule has 1 aliphatic rings. The monoisotopic (exact) mass is 267 g/mol. The fourth-order valence-electron chi connectivity index (χ4n) is 1.72. The first-order chi connectivity index (χ1) is 9.10. The Kier molecular flexibility index (Phi) is 4.09. The van der Waals surface area contributed by atoms with Crippen molar-refractivity contribution < 1.29 is 13.9 Å². The van der Waals surface area contributed by atoms with Gasteiger partial charge in [-0.1, -0.05) is 0 Å². The van der Waals surface area contributed by atoms with Crippen molar-refractivity contribution in [2.24, 2.45) is 0 Å². The van der Waals surface area contributed by atoms with E-state index in [2.05, 4.69) is 10.7 Å². The van der Waals surface area contributed by atoms with Crippen LogP contribution in [0.5, 0.6) is 0 Å². The second-order valence-corrected chi connectivity index (χ2v) is 4.47. The van der Waals surface area contributed by atoms with E-state index in [1.54, 1.807) is 20.0 Å². The molecule has 0 aromatic heterocycles. The van der Waals surface area contributed by atoms with Gasteiger partial charge in [-0.05, 0) is 38.0 Å². The number of nitrogens with zero attached hydrogens (tertiary/aromatic N) is 1. The number of anilines is 2. The van der Waals surface area contributed by atoms with Crippen LogP contribution in [0.25, 0.3) is 0 Å². The van der Waals surface area contributed by atoms with E-state index in [9.17, 15) is 9.18 Å². The highest BCUT2D eigenvalue weighted by Crippen LogP contribution is 2.31. The standard InChI is InChI=1S/C13H18FN3O2/c1-3-19-13(18)16-17(2)12-7-4-9(14)8-11(12)15-10-5-6-10/h4,7-8,10,15H,3,5-6H2,1-2H3,(H,16,18). The summed E-state index contributed by atoms with van der Waals surface area (Å²) in [5.41, 5.74) is 3.92. The van der Waals surface area contributed by atoms with Crippen molar-refractivity contribution in [3.05, 3.63) is 24.0 Å². The number of carbonyl (C=O) groups excluding carboxylic acids is 1. The van der Waals surface area contributed by atoms with E-state index in [4.69, 9.17) is 4.74 Å². The zero-order valence-electron chi connectivity index (χ0n) is 11.1. The molecule has 0 saturated heterocycles. The van der Waals surface area contributed by atoms with Gasteiger partial charge in [-0.15, -0.1) is 0 Å². The van der Waals surface area contributed by atoms with Crippen LogP contribution in [0, 0.1) is 5.82 Å². The van der Waals surface area contributed by atoms with Gasteiger partial charge in [0.05, 0.1) is 18.0 Å². The topological polar surface area (TPSA) is 53.6 Å². The predicted molar refractivity (Wildman–Crippen MR) is 71.6 cm³/mol. The second kappa shape index (κ2) is 5.77. The number of hydrogen-bond donors (Lipinski definition) is 2. The summed E-state index contributed by atoms with van der Waals surface area (Å²) in [6.45, 7) is 2.04. The molecule has 0 aliphatic heterocycles. The Labute approximate surface area is 111 Å². The van der Waals surface area contributed by atoms with Crippen molar-refractivity contribution in [1.82, 2.24) is 5.43 Å². The van der Waals surface area contributed by atoms with E-state index < -0.39 is 6.09 Å². The Hall–Kier alpha value is -1.98. The van der Waals surface area contributed by atoms with Gasteiger partial charge in [0.25, 0.3) is 0 Å². The normalized spacial score (nSPS) is 13.8. The molecule has 0 heterocycles. The molecular weight excluding hydrogens is 249 g/mol. The lowest BCUT2D eigenvalue weighted by Gasteiger charge is -2.23. The van der Waals surface area contributed by atoms with Gasteiger partial charge in [0.1, 0.15) is 5.82 Å². The van der Waals surface area contributed by atoms with Crippen LogP contribution in [-0.2, 0) is 4.74 Å².